The quantitative estimate of drug-likeness (QED) is 0.779. The second-order valence-corrected chi connectivity index (χ2v) is 4.60. The van der Waals surface area contributed by atoms with Crippen LogP contribution in [-0.4, -0.2) is 12.1 Å². The molecule has 1 aromatic heterocycles. The summed E-state index contributed by atoms with van der Waals surface area (Å²) in [5.74, 6) is 1.19. The lowest BCUT2D eigenvalue weighted by atomic mass is 10.0. The molecule has 1 N–H and O–H groups in total. The number of nitrogens with one attached hydrogen (secondary N) is 1. The maximum absolute atomic E-state index is 6.21. The van der Waals surface area contributed by atoms with Crippen LogP contribution in [0, 0.1) is 0 Å². The minimum Gasteiger partial charge on any atom is -0.497 e. The molecule has 88 valence electrons. The number of aromatic amines is 1. The number of allylic oxidation sites excluding steroid dienone is 1. The lowest BCUT2D eigenvalue weighted by Crippen LogP contribution is -2.09. The Bertz CT molecular complexity index is 603. The first-order valence-electron chi connectivity index (χ1n) is 5.53. The number of halogens is 1. The van der Waals surface area contributed by atoms with Crippen LogP contribution in [0.5, 0.6) is 5.75 Å². The molecule has 0 spiro atoms. The van der Waals surface area contributed by atoms with Crippen molar-refractivity contribution in [2.75, 3.05) is 11.5 Å². The van der Waals surface area contributed by atoms with E-state index in [1.807, 2.05) is 24.4 Å². The van der Waals surface area contributed by atoms with Crippen LogP contribution in [0.1, 0.15) is 18.5 Å². The van der Waals surface area contributed by atoms with Crippen molar-refractivity contribution < 1.29 is 4.74 Å². The first-order valence-corrected chi connectivity index (χ1v) is 5.87. The molecule has 1 aliphatic heterocycles. The average Bonchev–Trinajstić information content (AvgIpc) is 2.73. The van der Waals surface area contributed by atoms with Gasteiger partial charge >= 0.3 is 0 Å². The van der Waals surface area contributed by atoms with Crippen molar-refractivity contribution in [1.82, 2.24) is 4.98 Å². The number of hydrogen-bond donors (Lipinski definition) is 1. The van der Waals surface area contributed by atoms with Crippen molar-refractivity contribution in [2.24, 2.45) is 0 Å². The van der Waals surface area contributed by atoms with Gasteiger partial charge in [0.2, 0.25) is 0 Å². The number of aromatic nitrogens is 1. The minimum absolute atomic E-state index is 0.346. The van der Waals surface area contributed by atoms with E-state index in [-0.39, 0.29) is 0 Å². The first kappa shape index (κ1) is 10.5. The third kappa shape index (κ3) is 1.50. The molecule has 1 unspecified atom stereocenters. The van der Waals surface area contributed by atoms with E-state index in [0.717, 1.165) is 28.0 Å². The zero-order chi connectivity index (χ0) is 12.0. The van der Waals surface area contributed by atoms with Crippen LogP contribution < -0.4 is 9.16 Å². The van der Waals surface area contributed by atoms with Crippen molar-refractivity contribution in [2.45, 2.75) is 12.8 Å². The van der Waals surface area contributed by atoms with Crippen molar-refractivity contribution in [3.05, 3.63) is 36.2 Å². The molecule has 3 rings (SSSR count). The highest BCUT2D eigenvalue weighted by Crippen LogP contribution is 2.41. The predicted octanol–water partition coefficient (Wildman–Crippen LogP) is 3.77. The van der Waals surface area contributed by atoms with E-state index in [1.165, 1.54) is 0 Å². The summed E-state index contributed by atoms with van der Waals surface area (Å²) >= 11 is 6.21. The highest BCUT2D eigenvalue weighted by molar-refractivity contribution is 6.29. The van der Waals surface area contributed by atoms with Crippen LogP contribution in [0.4, 0.5) is 5.69 Å². The highest BCUT2D eigenvalue weighted by Gasteiger charge is 2.22. The molecule has 2 aromatic rings. The van der Waals surface area contributed by atoms with Gasteiger partial charge in [-0.15, -0.1) is 0 Å². The standard InChI is InChI=1S/C13H13ClN2O/c1-8-5-6-16(14)13-10-7-9(17-2)3-4-11(10)15-12(8)13/h3-8,15H,1-2H3. The van der Waals surface area contributed by atoms with Gasteiger partial charge in [-0.3, -0.25) is 4.42 Å². The molecule has 0 bridgehead atoms. The summed E-state index contributed by atoms with van der Waals surface area (Å²) in [4.78, 5) is 3.41. The summed E-state index contributed by atoms with van der Waals surface area (Å²) in [5.41, 5.74) is 3.25. The summed E-state index contributed by atoms with van der Waals surface area (Å²) in [7, 11) is 1.67. The second kappa shape index (κ2) is 3.70. The fourth-order valence-corrected chi connectivity index (χ4v) is 2.49. The lowest BCUT2D eigenvalue weighted by molar-refractivity contribution is 0.415. The van der Waals surface area contributed by atoms with E-state index in [2.05, 4.69) is 18.0 Å². The van der Waals surface area contributed by atoms with E-state index < -0.39 is 0 Å². The number of methoxy groups -OCH3 is 1. The van der Waals surface area contributed by atoms with Crippen LogP contribution in [-0.2, 0) is 0 Å². The molecule has 3 nitrogen and oxygen atoms in total. The number of fused-ring (bicyclic) bond motifs is 3. The Morgan fingerprint density at radius 2 is 2.24 bits per heavy atom. The topological polar surface area (TPSA) is 28.3 Å². The molecule has 0 amide bonds. The van der Waals surface area contributed by atoms with Crippen molar-refractivity contribution >= 4 is 28.4 Å². The summed E-state index contributed by atoms with van der Waals surface area (Å²) < 4.78 is 6.88. The van der Waals surface area contributed by atoms with Crippen LogP contribution >= 0.6 is 11.8 Å². The minimum atomic E-state index is 0.346. The van der Waals surface area contributed by atoms with E-state index in [1.54, 1.807) is 11.5 Å². The monoisotopic (exact) mass is 248 g/mol. The van der Waals surface area contributed by atoms with Gasteiger partial charge in [0.15, 0.2) is 0 Å². The largest absolute Gasteiger partial charge is 0.497 e. The number of H-pyrrole nitrogens is 1. The number of benzene rings is 1. The molecular formula is C13H13ClN2O. The second-order valence-electron chi connectivity index (χ2n) is 4.24. The summed E-state index contributed by atoms with van der Waals surface area (Å²) in [5, 5.41) is 1.09. The van der Waals surface area contributed by atoms with E-state index >= 15 is 0 Å². The molecular weight excluding hydrogens is 236 g/mol. The first-order chi connectivity index (χ1) is 8.20. The zero-order valence-electron chi connectivity index (χ0n) is 9.70. The summed E-state index contributed by atoms with van der Waals surface area (Å²) in [6.45, 7) is 2.14. The molecule has 0 radical (unpaired) electrons. The van der Waals surface area contributed by atoms with Gasteiger partial charge in [-0.05, 0) is 18.2 Å². The smallest absolute Gasteiger partial charge is 0.119 e. The van der Waals surface area contributed by atoms with E-state index in [9.17, 15) is 0 Å². The van der Waals surface area contributed by atoms with Crippen LogP contribution in [0.25, 0.3) is 10.9 Å². The Kier molecular flexibility index (Phi) is 2.30. The SMILES string of the molecule is COc1ccc2[nH]c3c(c2c1)N(Cl)C=CC3C. The molecule has 0 aliphatic carbocycles. The molecule has 1 aliphatic rings. The number of hydrogen-bond acceptors (Lipinski definition) is 2. The van der Waals surface area contributed by atoms with Crippen LogP contribution in [0.15, 0.2) is 30.5 Å². The predicted molar refractivity (Wildman–Crippen MR) is 70.7 cm³/mol. The maximum Gasteiger partial charge on any atom is 0.119 e. The molecule has 0 saturated carbocycles. The van der Waals surface area contributed by atoms with Gasteiger partial charge in [0.1, 0.15) is 5.75 Å². The maximum atomic E-state index is 6.21. The Morgan fingerprint density at radius 3 is 3.00 bits per heavy atom. The fourth-order valence-electron chi connectivity index (χ4n) is 2.24. The Hall–Kier alpha value is -1.61. The molecule has 4 heteroatoms. The van der Waals surface area contributed by atoms with Gasteiger partial charge in [0, 0.05) is 40.5 Å². The van der Waals surface area contributed by atoms with Gasteiger partial charge in [-0.25, -0.2) is 0 Å². The number of nitrogens with zero attached hydrogens (tertiary/aromatic N) is 1. The molecule has 1 aromatic carbocycles. The number of anilines is 1. The molecule has 0 fully saturated rings. The van der Waals surface area contributed by atoms with Crippen molar-refractivity contribution in [3.63, 3.8) is 0 Å². The van der Waals surface area contributed by atoms with Gasteiger partial charge in [0.05, 0.1) is 12.8 Å². The normalized spacial score (nSPS) is 18.5. The molecule has 0 saturated heterocycles. The van der Waals surface area contributed by atoms with Gasteiger partial charge in [0.25, 0.3) is 0 Å². The van der Waals surface area contributed by atoms with E-state index in [0.29, 0.717) is 5.92 Å². The van der Waals surface area contributed by atoms with E-state index in [4.69, 9.17) is 16.5 Å². The third-order valence-corrected chi connectivity index (χ3v) is 3.46. The van der Waals surface area contributed by atoms with Crippen molar-refractivity contribution in [3.8, 4) is 5.75 Å². The number of rotatable bonds is 1. The molecule has 1 atom stereocenters. The van der Waals surface area contributed by atoms with Crippen LogP contribution in [0.3, 0.4) is 0 Å². The van der Waals surface area contributed by atoms with Crippen LogP contribution in [0.2, 0.25) is 0 Å². The summed E-state index contributed by atoms with van der Waals surface area (Å²) in [6, 6.07) is 5.97. The third-order valence-electron chi connectivity index (χ3n) is 3.18. The highest BCUT2D eigenvalue weighted by atomic mass is 35.5. The number of ether oxygens (including phenoxy) is 1. The summed E-state index contributed by atoms with van der Waals surface area (Å²) in [6.07, 6.45) is 3.96. The van der Waals surface area contributed by atoms with Gasteiger partial charge < -0.3 is 9.72 Å². The van der Waals surface area contributed by atoms with Gasteiger partial charge in [-0.1, -0.05) is 13.0 Å². The lowest BCUT2D eigenvalue weighted by Gasteiger charge is -2.20. The average molecular weight is 249 g/mol. The van der Waals surface area contributed by atoms with Crippen molar-refractivity contribution in [1.29, 1.82) is 0 Å². The fraction of sp³-hybridized carbons (Fsp3) is 0.231. The Labute approximate surface area is 105 Å². The Balaban J connectivity index is 2.30. The zero-order valence-corrected chi connectivity index (χ0v) is 10.5. The molecule has 17 heavy (non-hydrogen) atoms. The Morgan fingerprint density at radius 1 is 1.41 bits per heavy atom. The molecule has 2 heterocycles. The van der Waals surface area contributed by atoms with Gasteiger partial charge in [-0.2, -0.15) is 0 Å².